The molecule has 1 unspecified atom stereocenters. The van der Waals surface area contributed by atoms with Crippen molar-refractivity contribution in [2.45, 2.75) is 186 Å². The number of ether oxygens (including phenoxy) is 6. The summed E-state index contributed by atoms with van der Waals surface area (Å²) in [5, 5.41) is 23.5. The Bertz CT molecular complexity index is 1830. The molecule has 4 rings (SSSR count). The first-order valence-electron chi connectivity index (χ1n) is 25.5. The zero-order valence-corrected chi connectivity index (χ0v) is 45.2. The van der Waals surface area contributed by atoms with Crippen LogP contribution < -0.4 is 0 Å². The summed E-state index contributed by atoms with van der Waals surface area (Å²) >= 11 is 2.34. The molecule has 390 valence electrons. The fraction of sp³-hybridized carbons (Fsp3) is 0.759. The summed E-state index contributed by atoms with van der Waals surface area (Å²) in [5.74, 6) is -7.71. The van der Waals surface area contributed by atoms with E-state index in [1.165, 1.54) is 12.0 Å². The van der Waals surface area contributed by atoms with Crippen molar-refractivity contribution in [3.05, 3.63) is 47.6 Å². The molecular weight excluding hydrogens is 997 g/mol. The number of aliphatic hydroxyl groups excluding tert-OH is 1. The summed E-state index contributed by atoms with van der Waals surface area (Å²) in [6.07, 6.45) is 13.8. The SMILES string of the molecule is CO[C@H]1C[C@@H]2CC[C@@H](C)[C@@](O)(O2)C(=O)C(=O)N2CCCCC2C(=O)O[C@H]([C@H](C)C[C@@H]2CC[C@@H](OCCCI)[C@H](OC)C2)CC(=O)[C@H](C)/C=C(\C)[C@@H](O)[C@@H](OC)C(=O)[C@H](C)C[C@H](C)/C=C/C=CC=C1C. The molecule has 3 fully saturated rings. The number of cyclic esters (lactones) is 1. The number of carbonyl (C=O) groups is 5. The quantitative estimate of drug-likeness (QED) is 0.0536. The van der Waals surface area contributed by atoms with Gasteiger partial charge in [0.15, 0.2) is 5.78 Å². The third-order valence-electron chi connectivity index (χ3n) is 15.1. The summed E-state index contributed by atoms with van der Waals surface area (Å²) in [7, 11) is 4.67. The number of rotatable bonds is 10. The molecule has 1 aliphatic carbocycles. The number of hydrogen-bond acceptors (Lipinski definition) is 13. The van der Waals surface area contributed by atoms with Crippen molar-refractivity contribution in [1.82, 2.24) is 4.90 Å². The molecule has 2 N–H and O–H groups in total. The van der Waals surface area contributed by atoms with Gasteiger partial charge in [-0.3, -0.25) is 19.2 Å². The zero-order chi connectivity index (χ0) is 51.0. The molecule has 4 aliphatic rings. The van der Waals surface area contributed by atoms with E-state index < -0.39 is 77.8 Å². The Kier molecular flexibility index (Phi) is 24.4. The van der Waals surface area contributed by atoms with Crippen LogP contribution >= 0.6 is 22.6 Å². The molecule has 14 nitrogen and oxygen atoms in total. The van der Waals surface area contributed by atoms with Gasteiger partial charge < -0.3 is 43.5 Å². The Morgan fingerprint density at radius 1 is 0.870 bits per heavy atom. The molecule has 15 heteroatoms. The number of fused-ring (bicyclic) bond motifs is 3. The second-order valence-electron chi connectivity index (χ2n) is 20.5. The van der Waals surface area contributed by atoms with Crippen molar-refractivity contribution < 1.29 is 62.6 Å². The average molecular weight is 1080 g/mol. The van der Waals surface area contributed by atoms with Crippen molar-refractivity contribution in [2.24, 2.45) is 35.5 Å². The van der Waals surface area contributed by atoms with E-state index in [0.717, 1.165) is 35.7 Å². The van der Waals surface area contributed by atoms with E-state index in [-0.39, 0.29) is 60.9 Å². The second kappa shape index (κ2) is 28.6. The number of hydrogen-bond donors (Lipinski definition) is 2. The predicted molar refractivity (Wildman–Crippen MR) is 272 cm³/mol. The molecular formula is C54H84INO13. The highest BCUT2D eigenvalue weighted by molar-refractivity contribution is 14.1. The van der Waals surface area contributed by atoms with Crippen LogP contribution in [0.2, 0.25) is 0 Å². The van der Waals surface area contributed by atoms with E-state index in [2.05, 4.69) is 22.6 Å². The Morgan fingerprint density at radius 3 is 2.29 bits per heavy atom. The maximum Gasteiger partial charge on any atom is 0.329 e. The normalized spacial score (nSPS) is 37.6. The topological polar surface area (TPSA) is 184 Å². The van der Waals surface area contributed by atoms with Gasteiger partial charge in [-0.15, -0.1) is 0 Å². The average Bonchev–Trinajstić information content (AvgIpc) is 3.33. The number of esters is 1. The first-order valence-corrected chi connectivity index (χ1v) is 27.0. The van der Waals surface area contributed by atoms with Crippen molar-refractivity contribution in [2.75, 3.05) is 38.9 Å². The Labute approximate surface area is 425 Å². The van der Waals surface area contributed by atoms with Crippen LogP contribution in [0.25, 0.3) is 0 Å². The van der Waals surface area contributed by atoms with Crippen molar-refractivity contribution in [3.63, 3.8) is 0 Å². The van der Waals surface area contributed by atoms with Gasteiger partial charge in [0.25, 0.3) is 11.7 Å². The van der Waals surface area contributed by atoms with Gasteiger partial charge in [0.05, 0.1) is 24.4 Å². The third-order valence-corrected chi connectivity index (χ3v) is 15.8. The van der Waals surface area contributed by atoms with E-state index in [1.54, 1.807) is 41.1 Å². The molecule has 1 saturated carbocycles. The van der Waals surface area contributed by atoms with Crippen LogP contribution in [0, 0.1) is 35.5 Å². The van der Waals surface area contributed by atoms with Gasteiger partial charge in [0, 0.05) is 69.5 Å². The first-order chi connectivity index (χ1) is 32.8. The van der Waals surface area contributed by atoms with Gasteiger partial charge in [0.2, 0.25) is 5.79 Å². The van der Waals surface area contributed by atoms with Crippen LogP contribution in [0.4, 0.5) is 0 Å². The Balaban J connectivity index is 1.69. The minimum absolute atomic E-state index is 0.0166. The van der Waals surface area contributed by atoms with Crippen molar-refractivity contribution in [1.29, 1.82) is 0 Å². The summed E-state index contributed by atoms with van der Waals surface area (Å²) < 4.78 is 37.1. The summed E-state index contributed by atoms with van der Waals surface area (Å²) in [6.45, 7) is 13.6. The summed E-state index contributed by atoms with van der Waals surface area (Å²) in [5.41, 5.74) is 1.29. The number of ketones is 3. The number of amides is 1. The molecule has 0 aromatic rings. The maximum absolute atomic E-state index is 14.5. The first kappa shape index (κ1) is 58.9. The largest absolute Gasteiger partial charge is 0.460 e. The van der Waals surface area contributed by atoms with Crippen molar-refractivity contribution >= 4 is 51.8 Å². The molecule has 2 saturated heterocycles. The third kappa shape index (κ3) is 16.4. The molecule has 3 aliphatic heterocycles. The van der Waals surface area contributed by atoms with Gasteiger partial charge in [-0.05, 0) is 113 Å². The van der Waals surface area contributed by atoms with E-state index in [0.29, 0.717) is 57.1 Å². The van der Waals surface area contributed by atoms with E-state index in [1.807, 2.05) is 58.1 Å². The second-order valence-corrected chi connectivity index (χ2v) is 21.6. The number of halogens is 1. The Hall–Kier alpha value is -2.64. The fourth-order valence-corrected chi connectivity index (χ4v) is 10.9. The molecule has 15 atom stereocenters. The highest BCUT2D eigenvalue weighted by Crippen LogP contribution is 2.38. The number of allylic oxidation sites excluding steroid dienone is 6. The van der Waals surface area contributed by atoms with Gasteiger partial charge in [0.1, 0.15) is 30.1 Å². The van der Waals surface area contributed by atoms with Gasteiger partial charge in [-0.25, -0.2) is 4.79 Å². The lowest BCUT2D eigenvalue weighted by Crippen LogP contribution is -2.61. The highest BCUT2D eigenvalue weighted by atomic mass is 127. The van der Waals surface area contributed by atoms with Crippen LogP contribution in [-0.4, -0.2) is 138 Å². The number of piperidine rings is 1. The molecule has 0 radical (unpaired) electrons. The monoisotopic (exact) mass is 1080 g/mol. The molecule has 1 amide bonds. The Morgan fingerprint density at radius 2 is 1.61 bits per heavy atom. The highest BCUT2D eigenvalue weighted by Gasteiger charge is 2.53. The lowest BCUT2D eigenvalue weighted by Gasteiger charge is -2.42. The van der Waals surface area contributed by atoms with E-state index in [4.69, 9.17) is 28.4 Å². The smallest absolute Gasteiger partial charge is 0.329 e. The molecule has 69 heavy (non-hydrogen) atoms. The molecule has 0 aromatic carbocycles. The molecule has 0 aromatic heterocycles. The summed E-state index contributed by atoms with van der Waals surface area (Å²) in [6, 6.07) is -1.13. The van der Waals surface area contributed by atoms with Crippen LogP contribution in [0.15, 0.2) is 47.6 Å². The van der Waals surface area contributed by atoms with Gasteiger partial charge in [-0.1, -0.05) is 93.7 Å². The lowest BCUT2D eigenvalue weighted by atomic mass is 9.78. The van der Waals surface area contributed by atoms with Crippen LogP contribution in [0.5, 0.6) is 0 Å². The summed E-state index contributed by atoms with van der Waals surface area (Å²) in [4.78, 5) is 72.3. The number of nitrogens with zero attached hydrogens (tertiary/aromatic N) is 1. The zero-order valence-electron chi connectivity index (χ0n) is 43.1. The number of Topliss-reactive ketones (excluding diaryl/α,β-unsaturated/α-hetero) is 3. The van der Waals surface area contributed by atoms with E-state index >= 15 is 0 Å². The van der Waals surface area contributed by atoms with Crippen LogP contribution in [0.3, 0.4) is 0 Å². The fourth-order valence-electron chi connectivity index (χ4n) is 10.6. The number of aliphatic hydroxyl groups is 2. The molecule has 2 bridgehead atoms. The number of methoxy groups -OCH3 is 3. The van der Waals surface area contributed by atoms with E-state index in [9.17, 15) is 34.2 Å². The van der Waals surface area contributed by atoms with Crippen LogP contribution in [0.1, 0.15) is 132 Å². The van der Waals surface area contributed by atoms with Crippen LogP contribution in [-0.2, 0) is 52.4 Å². The standard InChI is InChI=1S/C54H84INO13/c1-33-17-12-11-13-18-34(2)45(64-8)31-41-22-20-39(7)54(63,69-41)51(60)52(61)56-25-15-14-19-42(56)53(62)68-46(36(4)29-40-21-23-44(47(30-40)65-9)67-26-16-24-55)32-43(57)35(3)28-38(6)49(59)50(66-10)48(58)37(5)27-33/h11-13,17-18,28,33,35-37,39-42,44-47,49-50,59,63H,14-16,19-27,29-32H2,1-10H3/b13-11?,17-12+,34-18?,38-28+/t33-,35-,36-,37-,39-,40+,41+,42?,44-,45+,46+,47-,49-,50+,54-/m1/s1. The predicted octanol–water partition coefficient (Wildman–Crippen LogP) is 8.03. The molecule has 3 heterocycles. The number of alkyl halides is 1. The minimum Gasteiger partial charge on any atom is -0.460 e. The minimum atomic E-state index is -2.42. The van der Waals surface area contributed by atoms with Gasteiger partial charge in [-0.2, -0.15) is 0 Å². The number of carbonyl (C=O) groups excluding carboxylic acids is 5. The lowest BCUT2D eigenvalue weighted by molar-refractivity contribution is -0.265. The van der Waals surface area contributed by atoms with Gasteiger partial charge >= 0.3 is 5.97 Å². The van der Waals surface area contributed by atoms with Crippen molar-refractivity contribution in [3.8, 4) is 0 Å². The maximum atomic E-state index is 14.5. The molecule has 0 spiro atoms.